The van der Waals surface area contributed by atoms with E-state index in [1.807, 2.05) is 0 Å². The van der Waals surface area contributed by atoms with E-state index in [4.69, 9.17) is 5.73 Å². The van der Waals surface area contributed by atoms with Crippen molar-refractivity contribution in [2.24, 2.45) is 17.9 Å². The standard InChI is InChI=1S/C21H25N6/c1-16-20(25(2)19-7-3-4-14-27(16)19)18-10-8-17(9-11-18)15-23-24-21(22)26-12-5-6-13-26/h3-4,7-11,14-15H,5-6,12-13H2,1-2H3,(H2,22,24)/q+1/p+1/b23-15-. The zero-order chi connectivity index (χ0) is 18.8. The molecule has 0 amide bonds. The third-order valence-electron chi connectivity index (χ3n) is 5.25. The molecule has 1 fully saturated rings. The molecule has 0 bridgehead atoms. The number of hydrogen-bond acceptors (Lipinski definition) is 1. The summed E-state index contributed by atoms with van der Waals surface area (Å²) in [4.78, 5) is 0. The van der Waals surface area contributed by atoms with Crippen molar-refractivity contribution in [3.05, 3.63) is 59.9 Å². The largest absolute Gasteiger partial charge is 0.367 e. The van der Waals surface area contributed by atoms with Crippen LogP contribution in [0.1, 0.15) is 24.1 Å². The molecule has 0 saturated carbocycles. The van der Waals surface area contributed by atoms with E-state index in [0.717, 1.165) is 18.7 Å². The van der Waals surface area contributed by atoms with E-state index in [1.54, 1.807) is 6.21 Å². The highest BCUT2D eigenvalue weighted by molar-refractivity contribution is 5.82. The summed E-state index contributed by atoms with van der Waals surface area (Å²) in [5.41, 5.74) is 14.8. The fraction of sp³-hybridized carbons (Fsp3) is 0.286. The zero-order valence-electron chi connectivity index (χ0n) is 15.9. The van der Waals surface area contributed by atoms with E-state index in [2.05, 4.69) is 86.7 Å². The Kier molecular flexibility index (Phi) is 4.62. The highest BCUT2D eigenvalue weighted by atomic mass is 15.4. The van der Waals surface area contributed by atoms with Gasteiger partial charge in [-0.3, -0.25) is 10.3 Å². The molecule has 1 aromatic carbocycles. The molecule has 2 aromatic heterocycles. The van der Waals surface area contributed by atoms with Crippen molar-refractivity contribution in [1.29, 1.82) is 0 Å². The van der Waals surface area contributed by atoms with Gasteiger partial charge in [-0.05, 0) is 36.6 Å². The van der Waals surface area contributed by atoms with Gasteiger partial charge < -0.3 is 0 Å². The first-order chi connectivity index (χ1) is 13.1. The molecule has 1 aliphatic rings. The minimum Gasteiger partial charge on any atom is -0.289 e. The van der Waals surface area contributed by atoms with E-state index in [-0.39, 0.29) is 0 Å². The Morgan fingerprint density at radius 3 is 2.59 bits per heavy atom. The van der Waals surface area contributed by atoms with Gasteiger partial charge in [0.25, 0.3) is 5.65 Å². The molecule has 3 heterocycles. The van der Waals surface area contributed by atoms with E-state index < -0.39 is 0 Å². The van der Waals surface area contributed by atoms with Gasteiger partial charge in [0, 0.05) is 18.6 Å². The molecule has 4 rings (SSSR count). The Balaban J connectivity index is 1.54. The summed E-state index contributed by atoms with van der Waals surface area (Å²) in [5.74, 6) is 0.628. The van der Waals surface area contributed by atoms with Crippen LogP contribution in [0.25, 0.3) is 16.9 Å². The minimum absolute atomic E-state index is 0.628. The predicted octanol–water partition coefficient (Wildman–Crippen LogP) is 1.78. The number of nitrogens with two attached hydrogens (primary N) is 1. The van der Waals surface area contributed by atoms with Crippen LogP contribution in [0, 0.1) is 6.92 Å². The fourth-order valence-electron chi connectivity index (χ4n) is 3.79. The van der Waals surface area contributed by atoms with E-state index in [1.165, 1.54) is 35.4 Å². The van der Waals surface area contributed by atoms with Gasteiger partial charge in [-0.15, -0.1) is 5.10 Å². The summed E-state index contributed by atoms with van der Waals surface area (Å²) in [7, 11) is 2.11. The van der Waals surface area contributed by atoms with Gasteiger partial charge in [-0.2, -0.15) is 9.83 Å². The summed E-state index contributed by atoms with van der Waals surface area (Å²) in [6.07, 6.45) is 6.29. The van der Waals surface area contributed by atoms with Crippen LogP contribution in [0.3, 0.4) is 0 Å². The molecular weight excluding hydrogens is 336 g/mol. The summed E-state index contributed by atoms with van der Waals surface area (Å²) < 4.78 is 6.57. The van der Waals surface area contributed by atoms with Crippen LogP contribution in [0.4, 0.5) is 0 Å². The first-order valence-corrected chi connectivity index (χ1v) is 9.38. The van der Waals surface area contributed by atoms with Crippen molar-refractivity contribution in [3.63, 3.8) is 0 Å². The van der Waals surface area contributed by atoms with Crippen LogP contribution < -0.4 is 15.7 Å². The number of hydrogen-bond donors (Lipinski definition) is 2. The quantitative estimate of drug-likeness (QED) is 0.323. The van der Waals surface area contributed by atoms with Gasteiger partial charge in [0.05, 0.1) is 32.5 Å². The number of imidazole rings is 1. The van der Waals surface area contributed by atoms with Gasteiger partial charge >= 0.3 is 5.96 Å². The third-order valence-corrected chi connectivity index (χ3v) is 5.25. The highest BCUT2D eigenvalue weighted by Crippen LogP contribution is 2.22. The molecule has 0 aliphatic carbocycles. The zero-order valence-corrected chi connectivity index (χ0v) is 15.9. The Bertz CT molecular complexity index is 980. The van der Waals surface area contributed by atoms with Crippen molar-refractivity contribution in [3.8, 4) is 11.3 Å². The van der Waals surface area contributed by atoms with E-state index >= 15 is 0 Å². The molecule has 0 spiro atoms. The Morgan fingerprint density at radius 2 is 1.89 bits per heavy atom. The fourth-order valence-corrected chi connectivity index (χ4v) is 3.79. The molecule has 27 heavy (non-hydrogen) atoms. The number of fused-ring (bicyclic) bond motifs is 1. The summed E-state index contributed by atoms with van der Waals surface area (Å²) in [6.45, 7) is 4.16. The molecular formula is C21H26N6+2. The summed E-state index contributed by atoms with van der Waals surface area (Å²) in [5, 5.41) is 4.27. The van der Waals surface area contributed by atoms with Gasteiger partial charge in [-0.25, -0.2) is 4.57 Å². The first-order valence-electron chi connectivity index (χ1n) is 9.38. The lowest BCUT2D eigenvalue weighted by atomic mass is 10.1. The average Bonchev–Trinajstić information content (AvgIpc) is 3.31. The van der Waals surface area contributed by atoms with Crippen molar-refractivity contribution in [2.45, 2.75) is 19.8 Å². The van der Waals surface area contributed by atoms with E-state index in [9.17, 15) is 0 Å². The third kappa shape index (κ3) is 3.30. The lowest BCUT2D eigenvalue weighted by Crippen LogP contribution is -2.37. The van der Waals surface area contributed by atoms with Crippen molar-refractivity contribution in [1.82, 2.24) is 9.83 Å². The number of pyridine rings is 1. The van der Waals surface area contributed by atoms with Gasteiger partial charge in [-0.1, -0.05) is 18.2 Å². The number of rotatable bonds is 3. The number of guanidine groups is 1. The second-order valence-electron chi connectivity index (χ2n) is 6.99. The van der Waals surface area contributed by atoms with Crippen LogP contribution in [-0.4, -0.2) is 34.2 Å². The van der Waals surface area contributed by atoms with Gasteiger partial charge in [0.15, 0.2) is 11.4 Å². The van der Waals surface area contributed by atoms with Crippen LogP contribution in [0.15, 0.2) is 53.8 Å². The van der Waals surface area contributed by atoms with Crippen molar-refractivity contribution in [2.75, 3.05) is 13.1 Å². The molecule has 138 valence electrons. The molecule has 0 unspecified atom stereocenters. The maximum atomic E-state index is 6.03. The average molecular weight is 362 g/mol. The Morgan fingerprint density at radius 1 is 1.15 bits per heavy atom. The van der Waals surface area contributed by atoms with Crippen LogP contribution >= 0.6 is 0 Å². The second-order valence-corrected chi connectivity index (χ2v) is 6.99. The molecule has 0 radical (unpaired) electrons. The maximum absolute atomic E-state index is 6.03. The number of nitrogens with zero attached hydrogens (tertiary/aromatic N) is 4. The van der Waals surface area contributed by atoms with Gasteiger partial charge in [0.1, 0.15) is 0 Å². The topological polar surface area (TPSA) is 61.7 Å². The van der Waals surface area contributed by atoms with Crippen molar-refractivity contribution >= 4 is 17.8 Å². The summed E-state index contributed by atoms with van der Waals surface area (Å²) in [6, 6.07) is 14.7. The molecule has 1 aliphatic heterocycles. The summed E-state index contributed by atoms with van der Waals surface area (Å²) >= 11 is 0. The number of aryl methyl sites for hydroxylation is 2. The second kappa shape index (κ2) is 7.23. The molecule has 6 nitrogen and oxygen atoms in total. The highest BCUT2D eigenvalue weighted by Gasteiger charge is 2.20. The molecule has 1 saturated heterocycles. The number of nitrogens with one attached hydrogen (secondary N) is 1. The van der Waals surface area contributed by atoms with E-state index in [0.29, 0.717) is 5.96 Å². The van der Waals surface area contributed by atoms with Crippen LogP contribution in [0.5, 0.6) is 0 Å². The molecule has 6 heteroatoms. The lowest BCUT2D eigenvalue weighted by molar-refractivity contribution is -0.633. The normalized spacial score (nSPS) is 14.4. The Hall–Kier alpha value is -3.15. The molecule has 3 aromatic rings. The van der Waals surface area contributed by atoms with Gasteiger partial charge in [0.2, 0.25) is 0 Å². The number of aromatic nitrogens is 2. The molecule has 0 atom stereocenters. The Labute approximate surface area is 159 Å². The SMILES string of the molecule is Cc1c(-c2ccc(/C=N\NC(N)=[N+]3CCCC3)cc2)[n+](C)c2ccccn12. The van der Waals surface area contributed by atoms with Crippen LogP contribution in [-0.2, 0) is 7.05 Å². The maximum Gasteiger partial charge on any atom is 0.367 e. The number of benzene rings is 1. The lowest BCUT2D eigenvalue weighted by Gasteiger charge is -2.01. The van der Waals surface area contributed by atoms with Crippen molar-refractivity contribution < 1.29 is 9.14 Å². The predicted molar refractivity (Wildman–Crippen MR) is 108 cm³/mol. The molecule has 3 N–H and O–H groups in total. The monoisotopic (exact) mass is 362 g/mol. The van der Waals surface area contributed by atoms with Crippen LogP contribution in [0.2, 0.25) is 0 Å². The number of hydrazone groups is 1. The minimum atomic E-state index is 0.628. The smallest absolute Gasteiger partial charge is 0.289 e. The first kappa shape index (κ1) is 17.3.